The fourth-order valence-electron chi connectivity index (χ4n) is 1.54. The molecule has 1 aromatic rings. The van der Waals surface area contributed by atoms with Crippen molar-refractivity contribution in [3.63, 3.8) is 0 Å². The van der Waals surface area contributed by atoms with Crippen molar-refractivity contribution in [1.82, 2.24) is 5.32 Å². The molecule has 1 unspecified atom stereocenters. The van der Waals surface area contributed by atoms with E-state index in [0.29, 0.717) is 0 Å². The minimum Gasteiger partial charge on any atom is -0.368 e. The Balaban J connectivity index is 2.38. The second-order valence-electron chi connectivity index (χ2n) is 4.37. The summed E-state index contributed by atoms with van der Waals surface area (Å²) in [4.78, 5) is 12.5. The third-order valence-corrected chi connectivity index (χ3v) is 3.94. The summed E-state index contributed by atoms with van der Waals surface area (Å²) in [5.74, 6) is 0.592. The van der Waals surface area contributed by atoms with E-state index in [1.165, 1.54) is 4.90 Å². The first-order chi connectivity index (χ1) is 8.49. The van der Waals surface area contributed by atoms with Crippen LogP contribution < -0.4 is 11.1 Å². The van der Waals surface area contributed by atoms with Gasteiger partial charge in [-0.2, -0.15) is 0 Å². The van der Waals surface area contributed by atoms with Crippen molar-refractivity contribution in [3.05, 3.63) is 28.7 Å². The fraction of sp³-hybridized carbons (Fsp3) is 0.462. The lowest BCUT2D eigenvalue weighted by atomic mass is 10.2. The van der Waals surface area contributed by atoms with Gasteiger partial charge in [-0.25, -0.2) is 0 Å². The molecule has 100 valence electrons. The number of hydrogen-bond acceptors (Lipinski definition) is 3. The molecule has 5 heteroatoms. The molecule has 0 aliphatic carbocycles. The Morgan fingerprint density at radius 3 is 2.50 bits per heavy atom. The molecule has 0 spiro atoms. The van der Waals surface area contributed by atoms with Crippen molar-refractivity contribution in [2.24, 2.45) is 5.73 Å². The van der Waals surface area contributed by atoms with Gasteiger partial charge in [0.25, 0.3) is 0 Å². The predicted molar refractivity (Wildman–Crippen MR) is 80.7 cm³/mol. The van der Waals surface area contributed by atoms with Crippen molar-refractivity contribution in [1.29, 1.82) is 0 Å². The van der Waals surface area contributed by atoms with E-state index >= 15 is 0 Å². The third-order valence-electron chi connectivity index (χ3n) is 2.37. The molecular formula is C13H19BrN2OS. The molecule has 18 heavy (non-hydrogen) atoms. The van der Waals surface area contributed by atoms with E-state index in [9.17, 15) is 4.79 Å². The maximum atomic E-state index is 11.3. The number of hydrogen-bond donors (Lipinski definition) is 2. The van der Waals surface area contributed by atoms with Gasteiger partial charge in [-0.15, -0.1) is 11.8 Å². The van der Waals surface area contributed by atoms with Crippen LogP contribution in [0.25, 0.3) is 0 Å². The minimum atomic E-state index is -0.278. The summed E-state index contributed by atoms with van der Waals surface area (Å²) in [6.07, 6.45) is 0.744. The number of amides is 1. The van der Waals surface area contributed by atoms with E-state index < -0.39 is 0 Å². The number of carbonyl (C=O) groups excluding carboxylic acids is 1. The Kier molecular flexibility index (Phi) is 6.75. The zero-order valence-electron chi connectivity index (χ0n) is 10.7. The lowest BCUT2D eigenvalue weighted by molar-refractivity contribution is -0.120. The van der Waals surface area contributed by atoms with Gasteiger partial charge in [0, 0.05) is 15.4 Å². The molecule has 1 aromatic carbocycles. The van der Waals surface area contributed by atoms with E-state index in [2.05, 4.69) is 33.4 Å². The van der Waals surface area contributed by atoms with Crippen LogP contribution in [0.4, 0.5) is 0 Å². The molecule has 0 aromatic heterocycles. The molecule has 0 bridgehead atoms. The van der Waals surface area contributed by atoms with Crippen LogP contribution in [0.2, 0.25) is 0 Å². The first-order valence-corrected chi connectivity index (χ1v) is 7.70. The van der Waals surface area contributed by atoms with Gasteiger partial charge in [0.1, 0.15) is 0 Å². The molecule has 3 nitrogen and oxygen atoms in total. The SMILES string of the molecule is CC(C)NC(CCSc1ccc(Br)cc1)C(N)=O. The van der Waals surface area contributed by atoms with Gasteiger partial charge in [-0.1, -0.05) is 29.8 Å². The molecule has 0 aliphatic heterocycles. The number of halogens is 1. The van der Waals surface area contributed by atoms with E-state index in [0.717, 1.165) is 16.6 Å². The molecule has 0 aliphatic rings. The quantitative estimate of drug-likeness (QED) is 0.756. The van der Waals surface area contributed by atoms with Crippen LogP contribution in [0.5, 0.6) is 0 Å². The molecule has 1 amide bonds. The van der Waals surface area contributed by atoms with E-state index in [1.54, 1.807) is 11.8 Å². The highest BCUT2D eigenvalue weighted by atomic mass is 79.9. The molecule has 0 saturated carbocycles. The van der Waals surface area contributed by atoms with Crippen molar-refractivity contribution in [3.8, 4) is 0 Å². The lowest BCUT2D eigenvalue weighted by Crippen LogP contribution is -2.44. The summed E-state index contributed by atoms with van der Waals surface area (Å²) in [6, 6.07) is 8.17. The summed E-state index contributed by atoms with van der Waals surface area (Å²) in [5, 5.41) is 3.18. The maximum absolute atomic E-state index is 11.3. The maximum Gasteiger partial charge on any atom is 0.234 e. The average molecular weight is 331 g/mol. The first-order valence-electron chi connectivity index (χ1n) is 5.92. The van der Waals surface area contributed by atoms with Crippen LogP contribution in [0.3, 0.4) is 0 Å². The Bertz CT molecular complexity index is 381. The molecule has 3 N–H and O–H groups in total. The monoisotopic (exact) mass is 330 g/mol. The summed E-state index contributed by atoms with van der Waals surface area (Å²) < 4.78 is 1.07. The minimum absolute atomic E-state index is 0.243. The average Bonchev–Trinajstić information content (AvgIpc) is 2.29. The van der Waals surface area contributed by atoms with Crippen LogP contribution in [0.15, 0.2) is 33.6 Å². The number of carbonyl (C=O) groups is 1. The third kappa shape index (κ3) is 5.89. The van der Waals surface area contributed by atoms with Gasteiger partial charge in [0.2, 0.25) is 5.91 Å². The second-order valence-corrected chi connectivity index (χ2v) is 6.45. The Morgan fingerprint density at radius 2 is 2.00 bits per heavy atom. The number of rotatable bonds is 7. The number of primary amides is 1. The van der Waals surface area contributed by atoms with E-state index in [1.807, 2.05) is 26.0 Å². The molecule has 0 saturated heterocycles. The van der Waals surface area contributed by atoms with E-state index in [4.69, 9.17) is 5.73 Å². The highest BCUT2D eigenvalue weighted by Crippen LogP contribution is 2.21. The predicted octanol–water partition coefficient (Wildman–Crippen LogP) is 2.78. The van der Waals surface area contributed by atoms with Gasteiger partial charge >= 0.3 is 0 Å². The Labute approximate surface area is 121 Å². The number of nitrogens with one attached hydrogen (secondary N) is 1. The standard InChI is InChI=1S/C13H19BrN2OS/c1-9(2)16-12(13(15)17)7-8-18-11-5-3-10(14)4-6-11/h3-6,9,12,16H,7-8H2,1-2H3,(H2,15,17). The van der Waals surface area contributed by atoms with Crippen LogP contribution in [0, 0.1) is 0 Å². The van der Waals surface area contributed by atoms with E-state index in [-0.39, 0.29) is 18.0 Å². The van der Waals surface area contributed by atoms with Crippen molar-refractivity contribution in [2.75, 3.05) is 5.75 Å². The second kappa shape index (κ2) is 7.81. The number of thioether (sulfide) groups is 1. The largest absolute Gasteiger partial charge is 0.368 e. The van der Waals surface area contributed by atoms with Crippen molar-refractivity contribution < 1.29 is 4.79 Å². The fourth-order valence-corrected chi connectivity index (χ4v) is 2.72. The first kappa shape index (κ1) is 15.5. The molecule has 0 heterocycles. The van der Waals surface area contributed by atoms with Crippen LogP contribution in [0.1, 0.15) is 20.3 Å². The smallest absolute Gasteiger partial charge is 0.234 e. The topological polar surface area (TPSA) is 55.1 Å². The van der Waals surface area contributed by atoms with Crippen LogP contribution in [-0.2, 0) is 4.79 Å². The number of nitrogens with two attached hydrogens (primary N) is 1. The Morgan fingerprint density at radius 1 is 1.39 bits per heavy atom. The Hall–Kier alpha value is -0.520. The summed E-state index contributed by atoms with van der Waals surface area (Å²) in [5.41, 5.74) is 5.37. The van der Waals surface area contributed by atoms with Gasteiger partial charge in [0.05, 0.1) is 6.04 Å². The molecular weight excluding hydrogens is 312 g/mol. The summed E-state index contributed by atoms with van der Waals surface area (Å²) >= 11 is 5.14. The van der Waals surface area contributed by atoms with Crippen LogP contribution in [-0.4, -0.2) is 23.7 Å². The zero-order valence-corrected chi connectivity index (χ0v) is 13.1. The van der Waals surface area contributed by atoms with Crippen molar-refractivity contribution in [2.45, 2.75) is 37.2 Å². The summed E-state index contributed by atoms with van der Waals surface area (Å²) in [7, 11) is 0. The van der Waals surface area contributed by atoms with Crippen LogP contribution >= 0.6 is 27.7 Å². The summed E-state index contributed by atoms with van der Waals surface area (Å²) in [6.45, 7) is 4.02. The molecule has 1 atom stereocenters. The highest BCUT2D eigenvalue weighted by molar-refractivity contribution is 9.10. The highest BCUT2D eigenvalue weighted by Gasteiger charge is 2.15. The van der Waals surface area contributed by atoms with Gasteiger partial charge < -0.3 is 11.1 Å². The van der Waals surface area contributed by atoms with Gasteiger partial charge in [0.15, 0.2) is 0 Å². The van der Waals surface area contributed by atoms with Gasteiger partial charge in [-0.05, 0) is 36.4 Å². The molecule has 1 rings (SSSR count). The lowest BCUT2D eigenvalue weighted by Gasteiger charge is -2.17. The normalized spacial score (nSPS) is 12.7. The molecule has 0 fully saturated rings. The molecule has 0 radical (unpaired) electrons. The zero-order chi connectivity index (χ0) is 13.5. The number of benzene rings is 1. The van der Waals surface area contributed by atoms with Crippen molar-refractivity contribution >= 4 is 33.6 Å². The van der Waals surface area contributed by atoms with Gasteiger partial charge in [-0.3, -0.25) is 4.79 Å².